The van der Waals surface area contributed by atoms with Crippen LogP contribution < -0.4 is 0 Å². The molecule has 11 heteroatoms. The maximum absolute atomic E-state index is 12.7. The smallest absolute Gasteiger partial charge is 0.258 e. The fraction of sp³-hybridized carbons (Fsp3) is 0.0909. The number of nitro groups is 1. The summed E-state index contributed by atoms with van der Waals surface area (Å²) in [6.07, 6.45) is -1.72. The van der Waals surface area contributed by atoms with Crippen molar-refractivity contribution >= 4 is 11.5 Å². The number of hydrogen-bond donors (Lipinski definition) is 0. The van der Waals surface area contributed by atoms with Crippen LogP contribution in [-0.2, 0) is 6.18 Å². The number of rotatable bonds is 2. The number of pyridine rings is 1. The molecule has 0 N–H and O–H groups in total. The molecule has 3 aromatic rings. The highest BCUT2D eigenvalue weighted by atomic mass is 19.4. The van der Waals surface area contributed by atoms with Gasteiger partial charge in [0, 0.05) is 18.5 Å². The molecule has 0 aromatic carbocycles. The van der Waals surface area contributed by atoms with E-state index in [1.165, 1.54) is 18.6 Å². The first-order valence-corrected chi connectivity index (χ1v) is 5.74. The molecule has 0 aliphatic carbocycles. The Morgan fingerprint density at radius 3 is 2.68 bits per heavy atom. The van der Waals surface area contributed by atoms with Gasteiger partial charge in [0.15, 0.2) is 5.69 Å². The van der Waals surface area contributed by atoms with E-state index in [1.54, 1.807) is 0 Å². The summed E-state index contributed by atoms with van der Waals surface area (Å²) in [5.74, 6) is 0.147. The van der Waals surface area contributed by atoms with Crippen LogP contribution in [0.3, 0.4) is 0 Å². The average Bonchev–Trinajstić information content (AvgIpc) is 2.94. The predicted octanol–water partition coefficient (Wildman–Crippen LogP) is 2.11. The summed E-state index contributed by atoms with van der Waals surface area (Å²) in [7, 11) is 0. The van der Waals surface area contributed by atoms with E-state index in [4.69, 9.17) is 0 Å². The Balaban J connectivity index is 2.27. The minimum absolute atomic E-state index is 0.114. The molecular weight excluding hydrogens is 305 g/mol. The lowest BCUT2D eigenvalue weighted by atomic mass is 10.1. The van der Waals surface area contributed by atoms with Crippen LogP contribution in [0.25, 0.3) is 17.2 Å². The van der Waals surface area contributed by atoms with Crippen molar-refractivity contribution in [3.63, 3.8) is 0 Å². The number of fused-ring (bicyclic) bond motifs is 1. The molecule has 0 saturated carbocycles. The van der Waals surface area contributed by atoms with Crippen LogP contribution in [0, 0.1) is 10.1 Å². The minimum Gasteiger partial charge on any atom is -0.258 e. The second kappa shape index (κ2) is 4.72. The quantitative estimate of drug-likeness (QED) is 0.531. The molecule has 0 amide bonds. The Hall–Kier alpha value is -3.11. The van der Waals surface area contributed by atoms with E-state index in [0.717, 1.165) is 4.52 Å². The molecule has 0 aliphatic heterocycles. The third-order valence-electron chi connectivity index (χ3n) is 2.81. The Kier molecular flexibility index (Phi) is 2.97. The molecule has 0 fully saturated rings. The Morgan fingerprint density at radius 1 is 1.23 bits per heavy atom. The standard InChI is InChI=1S/C11H5F3N6O2/c12-11(13,14)6-3-8(20(21)22)9(16-4-6)7-1-2-15-10-17-5-18-19(7)10/h1-5H. The predicted molar refractivity (Wildman–Crippen MR) is 65.7 cm³/mol. The molecule has 0 bridgehead atoms. The Labute approximate surface area is 119 Å². The summed E-state index contributed by atoms with van der Waals surface area (Å²) >= 11 is 0. The van der Waals surface area contributed by atoms with Gasteiger partial charge in [0.1, 0.15) is 12.0 Å². The zero-order chi connectivity index (χ0) is 15.9. The lowest BCUT2D eigenvalue weighted by molar-refractivity contribution is -0.384. The summed E-state index contributed by atoms with van der Waals surface area (Å²) < 4.78 is 39.2. The maximum Gasteiger partial charge on any atom is 0.418 e. The van der Waals surface area contributed by atoms with Gasteiger partial charge >= 0.3 is 6.18 Å². The molecule has 0 unspecified atom stereocenters. The van der Waals surface area contributed by atoms with Gasteiger partial charge in [-0.1, -0.05) is 0 Å². The summed E-state index contributed by atoms with van der Waals surface area (Å²) in [4.78, 5) is 21.4. The average molecular weight is 310 g/mol. The molecule has 0 saturated heterocycles. The fourth-order valence-electron chi connectivity index (χ4n) is 1.86. The second-order valence-corrected chi connectivity index (χ2v) is 4.15. The molecule has 22 heavy (non-hydrogen) atoms. The normalized spacial score (nSPS) is 11.8. The van der Waals surface area contributed by atoms with Gasteiger partial charge in [-0.2, -0.15) is 27.8 Å². The van der Waals surface area contributed by atoms with Crippen LogP contribution >= 0.6 is 0 Å². The van der Waals surface area contributed by atoms with Crippen LogP contribution in [0.15, 0.2) is 30.9 Å². The first kappa shape index (κ1) is 13.9. The first-order valence-electron chi connectivity index (χ1n) is 5.74. The van der Waals surface area contributed by atoms with Crippen molar-refractivity contribution in [3.05, 3.63) is 46.5 Å². The van der Waals surface area contributed by atoms with E-state index in [0.29, 0.717) is 12.3 Å². The van der Waals surface area contributed by atoms with E-state index in [1.807, 2.05) is 0 Å². The number of hydrogen-bond acceptors (Lipinski definition) is 6. The molecule has 0 spiro atoms. The highest BCUT2D eigenvalue weighted by Crippen LogP contribution is 2.34. The molecule has 3 heterocycles. The van der Waals surface area contributed by atoms with E-state index < -0.39 is 22.4 Å². The van der Waals surface area contributed by atoms with Crippen molar-refractivity contribution in [1.29, 1.82) is 0 Å². The van der Waals surface area contributed by atoms with Crippen molar-refractivity contribution in [3.8, 4) is 11.4 Å². The number of nitrogens with zero attached hydrogens (tertiary/aromatic N) is 6. The highest BCUT2D eigenvalue weighted by molar-refractivity contribution is 5.68. The van der Waals surface area contributed by atoms with Gasteiger partial charge in [-0.3, -0.25) is 10.1 Å². The monoisotopic (exact) mass is 310 g/mol. The lowest BCUT2D eigenvalue weighted by Gasteiger charge is -2.08. The van der Waals surface area contributed by atoms with Crippen molar-refractivity contribution in [2.75, 3.05) is 0 Å². The summed E-state index contributed by atoms with van der Waals surface area (Å²) in [5.41, 5.74) is -2.12. The maximum atomic E-state index is 12.7. The summed E-state index contributed by atoms with van der Waals surface area (Å²) in [6, 6.07) is 1.79. The number of aromatic nitrogens is 5. The van der Waals surface area contributed by atoms with E-state index in [9.17, 15) is 23.3 Å². The van der Waals surface area contributed by atoms with Crippen LogP contribution in [0.2, 0.25) is 0 Å². The van der Waals surface area contributed by atoms with E-state index in [-0.39, 0.29) is 17.2 Å². The van der Waals surface area contributed by atoms with Crippen LogP contribution in [-0.4, -0.2) is 29.5 Å². The zero-order valence-corrected chi connectivity index (χ0v) is 10.5. The van der Waals surface area contributed by atoms with Gasteiger partial charge in [0.25, 0.3) is 11.5 Å². The highest BCUT2D eigenvalue weighted by Gasteiger charge is 2.34. The number of alkyl halides is 3. The number of halogens is 3. The minimum atomic E-state index is -4.73. The van der Waals surface area contributed by atoms with Gasteiger partial charge in [0.2, 0.25) is 0 Å². The van der Waals surface area contributed by atoms with Crippen molar-refractivity contribution in [2.24, 2.45) is 0 Å². The molecule has 0 radical (unpaired) electrons. The Morgan fingerprint density at radius 2 is 2.00 bits per heavy atom. The molecule has 3 rings (SSSR count). The van der Waals surface area contributed by atoms with Crippen LogP contribution in [0.1, 0.15) is 5.56 Å². The van der Waals surface area contributed by atoms with Gasteiger partial charge in [-0.15, -0.1) is 0 Å². The molecule has 112 valence electrons. The van der Waals surface area contributed by atoms with Crippen LogP contribution in [0.5, 0.6) is 0 Å². The van der Waals surface area contributed by atoms with Gasteiger partial charge in [0.05, 0.1) is 10.5 Å². The SMILES string of the molecule is O=[N+]([O-])c1cc(C(F)(F)F)cnc1-c1ccnc2ncnn12. The first-order chi connectivity index (χ1) is 10.4. The summed E-state index contributed by atoms with van der Waals surface area (Å²) in [6.45, 7) is 0. The zero-order valence-electron chi connectivity index (χ0n) is 10.5. The Bertz CT molecular complexity index is 876. The second-order valence-electron chi connectivity index (χ2n) is 4.15. The molecule has 3 aromatic heterocycles. The van der Waals surface area contributed by atoms with Gasteiger partial charge in [-0.05, 0) is 6.07 Å². The third-order valence-corrected chi connectivity index (χ3v) is 2.81. The fourth-order valence-corrected chi connectivity index (χ4v) is 1.86. The third kappa shape index (κ3) is 2.21. The van der Waals surface area contributed by atoms with E-state index >= 15 is 0 Å². The summed E-state index contributed by atoms with van der Waals surface area (Å²) in [5, 5.41) is 14.9. The molecule has 8 nitrogen and oxygen atoms in total. The van der Waals surface area contributed by atoms with Crippen molar-refractivity contribution < 1.29 is 18.1 Å². The largest absolute Gasteiger partial charge is 0.418 e. The van der Waals surface area contributed by atoms with Gasteiger partial charge in [-0.25, -0.2) is 9.97 Å². The lowest BCUT2D eigenvalue weighted by Crippen LogP contribution is -2.08. The van der Waals surface area contributed by atoms with Crippen molar-refractivity contribution in [1.82, 2.24) is 24.6 Å². The van der Waals surface area contributed by atoms with Crippen molar-refractivity contribution in [2.45, 2.75) is 6.18 Å². The molecular formula is C11H5F3N6O2. The van der Waals surface area contributed by atoms with E-state index in [2.05, 4.69) is 20.1 Å². The molecule has 0 aliphatic rings. The van der Waals surface area contributed by atoms with Crippen LogP contribution in [0.4, 0.5) is 18.9 Å². The molecule has 0 atom stereocenters. The van der Waals surface area contributed by atoms with Gasteiger partial charge < -0.3 is 0 Å². The topological polar surface area (TPSA) is 99.1 Å².